The van der Waals surface area contributed by atoms with Crippen LogP contribution < -0.4 is 5.32 Å². The number of hydrogen-bond donors (Lipinski definition) is 1. The van der Waals surface area contributed by atoms with Crippen molar-refractivity contribution in [3.05, 3.63) is 0 Å². The summed E-state index contributed by atoms with van der Waals surface area (Å²) < 4.78 is 10.8. The lowest BCUT2D eigenvalue weighted by Gasteiger charge is -2.46. The Bertz CT molecular complexity index is 319. The quantitative estimate of drug-likeness (QED) is 0.751. The Kier molecular flexibility index (Phi) is 4.51. The number of ether oxygens (including phenoxy) is 2. The van der Waals surface area contributed by atoms with Gasteiger partial charge in [0.15, 0.2) is 0 Å². The van der Waals surface area contributed by atoms with Crippen molar-refractivity contribution in [3.8, 4) is 0 Å². The molecule has 0 amide bonds. The summed E-state index contributed by atoms with van der Waals surface area (Å²) in [5, 5.41) is 3.58. The first-order chi connectivity index (χ1) is 9.06. The van der Waals surface area contributed by atoms with Crippen LogP contribution in [0.3, 0.4) is 0 Å². The first-order valence-corrected chi connectivity index (χ1v) is 7.52. The molecule has 0 aromatic rings. The second-order valence-electron chi connectivity index (χ2n) is 6.24. The first kappa shape index (κ1) is 14.8. The van der Waals surface area contributed by atoms with Crippen LogP contribution in [0.15, 0.2) is 0 Å². The molecule has 0 spiro atoms. The zero-order valence-corrected chi connectivity index (χ0v) is 12.5. The van der Waals surface area contributed by atoms with Crippen LogP contribution >= 0.6 is 0 Å². The van der Waals surface area contributed by atoms with Crippen molar-refractivity contribution >= 4 is 5.97 Å². The molecule has 1 saturated heterocycles. The zero-order chi connectivity index (χ0) is 13.9. The van der Waals surface area contributed by atoms with E-state index in [1.807, 2.05) is 0 Å². The molecule has 1 N–H and O–H groups in total. The molecule has 4 heteroatoms. The number of hydrogen-bond acceptors (Lipinski definition) is 4. The smallest absolute Gasteiger partial charge is 0.313 e. The molecule has 2 fully saturated rings. The molecule has 0 aromatic heterocycles. The molecule has 2 aliphatic rings. The predicted molar refractivity (Wildman–Crippen MR) is 74.0 cm³/mol. The molecule has 0 aromatic carbocycles. The molecule has 1 aliphatic carbocycles. The van der Waals surface area contributed by atoms with Crippen molar-refractivity contribution in [2.24, 2.45) is 5.41 Å². The topological polar surface area (TPSA) is 47.6 Å². The lowest BCUT2D eigenvalue weighted by atomic mass is 9.63. The summed E-state index contributed by atoms with van der Waals surface area (Å²) in [6.07, 6.45) is 6.20. The van der Waals surface area contributed by atoms with Gasteiger partial charge in [0.05, 0.1) is 18.1 Å². The Labute approximate surface area is 116 Å². The summed E-state index contributed by atoms with van der Waals surface area (Å²) in [7, 11) is 1.50. The average molecular weight is 269 g/mol. The van der Waals surface area contributed by atoms with Crippen LogP contribution in [0.25, 0.3) is 0 Å². The summed E-state index contributed by atoms with van der Waals surface area (Å²) >= 11 is 0. The summed E-state index contributed by atoms with van der Waals surface area (Å²) in [4.78, 5) is 12.1. The van der Waals surface area contributed by atoms with Crippen LogP contribution in [-0.2, 0) is 14.3 Å². The van der Waals surface area contributed by atoms with Gasteiger partial charge in [0.1, 0.15) is 0 Å². The number of carbonyl (C=O) groups is 1. The number of carbonyl (C=O) groups excluding carboxylic acids is 1. The molecule has 1 heterocycles. The highest BCUT2D eigenvalue weighted by Crippen LogP contribution is 2.46. The van der Waals surface area contributed by atoms with Gasteiger partial charge in [0, 0.05) is 19.2 Å². The third-order valence-electron chi connectivity index (χ3n) is 4.94. The minimum absolute atomic E-state index is 0.0457. The molecule has 0 unspecified atom stereocenters. The van der Waals surface area contributed by atoms with Crippen molar-refractivity contribution in [1.29, 1.82) is 0 Å². The van der Waals surface area contributed by atoms with E-state index in [1.165, 1.54) is 7.11 Å². The number of methoxy groups -OCH3 is 1. The standard InChI is InChI=1S/C15H27NO3/c1-4-12(15(8-5-9-15)13(17)18-3)16-11-14(2)7-6-10-19-14/h12,16H,4-11H2,1-3H3/t12-,14+/m0/s1. The van der Waals surface area contributed by atoms with E-state index in [4.69, 9.17) is 9.47 Å². The van der Waals surface area contributed by atoms with E-state index in [0.717, 1.165) is 51.7 Å². The highest BCUT2D eigenvalue weighted by molar-refractivity contribution is 5.78. The molecular weight excluding hydrogens is 242 g/mol. The lowest BCUT2D eigenvalue weighted by Crippen LogP contribution is -2.56. The maximum Gasteiger partial charge on any atom is 0.313 e. The van der Waals surface area contributed by atoms with Crippen LogP contribution in [0.4, 0.5) is 0 Å². The molecule has 110 valence electrons. The molecule has 4 nitrogen and oxygen atoms in total. The van der Waals surface area contributed by atoms with Gasteiger partial charge in [-0.2, -0.15) is 0 Å². The van der Waals surface area contributed by atoms with Crippen LogP contribution in [0, 0.1) is 5.41 Å². The maximum absolute atomic E-state index is 12.1. The van der Waals surface area contributed by atoms with Gasteiger partial charge in [-0.25, -0.2) is 0 Å². The Morgan fingerprint density at radius 3 is 2.53 bits per heavy atom. The number of nitrogens with one attached hydrogen (secondary N) is 1. The molecule has 0 radical (unpaired) electrons. The number of esters is 1. The van der Waals surface area contributed by atoms with E-state index in [0.29, 0.717) is 0 Å². The fourth-order valence-corrected chi connectivity index (χ4v) is 3.50. The van der Waals surface area contributed by atoms with Crippen molar-refractivity contribution < 1.29 is 14.3 Å². The van der Waals surface area contributed by atoms with E-state index in [1.54, 1.807) is 0 Å². The van der Waals surface area contributed by atoms with Gasteiger partial charge in [-0.3, -0.25) is 4.79 Å². The first-order valence-electron chi connectivity index (χ1n) is 7.52. The van der Waals surface area contributed by atoms with Crippen molar-refractivity contribution in [2.45, 2.75) is 64.0 Å². The SMILES string of the molecule is CC[C@H](NC[C@@]1(C)CCCO1)C1(C(=O)OC)CCC1. The summed E-state index contributed by atoms with van der Waals surface area (Å²) in [6, 6.07) is 0.203. The normalized spacial score (nSPS) is 30.7. The van der Waals surface area contributed by atoms with Crippen molar-refractivity contribution in [3.63, 3.8) is 0 Å². The van der Waals surface area contributed by atoms with Crippen LogP contribution in [0.2, 0.25) is 0 Å². The molecule has 1 saturated carbocycles. The minimum atomic E-state index is -0.293. The summed E-state index contributed by atoms with van der Waals surface area (Å²) in [5.41, 5.74) is -0.354. The fourth-order valence-electron chi connectivity index (χ4n) is 3.50. The molecular formula is C15H27NO3. The predicted octanol–water partition coefficient (Wildman–Crippen LogP) is 2.27. The minimum Gasteiger partial charge on any atom is -0.469 e. The Hall–Kier alpha value is -0.610. The Balaban J connectivity index is 1.97. The lowest BCUT2D eigenvalue weighted by molar-refractivity contribution is -0.161. The highest BCUT2D eigenvalue weighted by atomic mass is 16.5. The molecule has 2 rings (SSSR count). The Morgan fingerprint density at radius 1 is 1.37 bits per heavy atom. The van der Waals surface area contributed by atoms with E-state index in [9.17, 15) is 4.79 Å². The zero-order valence-electron chi connectivity index (χ0n) is 12.5. The largest absolute Gasteiger partial charge is 0.469 e. The second-order valence-corrected chi connectivity index (χ2v) is 6.24. The van der Waals surface area contributed by atoms with Crippen LogP contribution in [0.5, 0.6) is 0 Å². The van der Waals surface area contributed by atoms with Gasteiger partial charge >= 0.3 is 5.97 Å². The van der Waals surface area contributed by atoms with E-state index in [2.05, 4.69) is 19.2 Å². The van der Waals surface area contributed by atoms with Crippen LogP contribution in [-0.4, -0.2) is 37.9 Å². The highest BCUT2D eigenvalue weighted by Gasteiger charge is 2.51. The Morgan fingerprint density at radius 2 is 2.11 bits per heavy atom. The average Bonchev–Trinajstić information content (AvgIpc) is 2.78. The van der Waals surface area contributed by atoms with E-state index < -0.39 is 0 Å². The molecule has 1 aliphatic heterocycles. The van der Waals surface area contributed by atoms with Gasteiger partial charge in [0.2, 0.25) is 0 Å². The molecule has 19 heavy (non-hydrogen) atoms. The third kappa shape index (κ3) is 2.79. The van der Waals surface area contributed by atoms with Gasteiger partial charge < -0.3 is 14.8 Å². The monoisotopic (exact) mass is 269 g/mol. The van der Waals surface area contributed by atoms with E-state index >= 15 is 0 Å². The van der Waals surface area contributed by atoms with Gasteiger partial charge in [-0.05, 0) is 39.0 Å². The maximum atomic E-state index is 12.1. The van der Waals surface area contributed by atoms with Crippen LogP contribution in [0.1, 0.15) is 52.4 Å². The number of rotatable bonds is 6. The summed E-state index contributed by atoms with van der Waals surface area (Å²) in [5.74, 6) is -0.0457. The van der Waals surface area contributed by atoms with Gasteiger partial charge in [-0.1, -0.05) is 13.3 Å². The van der Waals surface area contributed by atoms with E-state index in [-0.39, 0.29) is 23.0 Å². The fraction of sp³-hybridized carbons (Fsp3) is 0.933. The summed E-state index contributed by atoms with van der Waals surface area (Å²) in [6.45, 7) is 5.98. The molecule has 2 atom stereocenters. The second kappa shape index (κ2) is 5.80. The van der Waals surface area contributed by atoms with Crippen molar-refractivity contribution in [2.75, 3.05) is 20.3 Å². The molecule has 0 bridgehead atoms. The third-order valence-corrected chi connectivity index (χ3v) is 4.94. The van der Waals surface area contributed by atoms with Gasteiger partial charge in [0.25, 0.3) is 0 Å². The van der Waals surface area contributed by atoms with Crippen molar-refractivity contribution in [1.82, 2.24) is 5.32 Å². The van der Waals surface area contributed by atoms with Gasteiger partial charge in [-0.15, -0.1) is 0 Å².